The maximum atomic E-state index is 12.2. The van der Waals surface area contributed by atoms with E-state index in [4.69, 9.17) is 0 Å². The molecule has 2 rings (SSSR count). The van der Waals surface area contributed by atoms with Gasteiger partial charge < -0.3 is 10.2 Å². The number of hydrogen-bond acceptors (Lipinski definition) is 2. The van der Waals surface area contributed by atoms with Gasteiger partial charge in [-0.3, -0.25) is 9.59 Å². The van der Waals surface area contributed by atoms with E-state index in [1.54, 1.807) is 11.9 Å². The molecule has 0 aliphatic heterocycles. The number of hydrogen-bond donors (Lipinski definition) is 1. The van der Waals surface area contributed by atoms with Crippen LogP contribution in [0.1, 0.15) is 57.4 Å². The van der Waals surface area contributed by atoms with E-state index in [0.717, 1.165) is 25.7 Å². The minimum atomic E-state index is -0.551. The highest BCUT2D eigenvalue weighted by atomic mass is 16.2. The second-order valence-corrected chi connectivity index (χ2v) is 6.44. The normalized spacial score (nSPS) is 15.6. The minimum Gasteiger partial charge on any atom is -0.335 e. The van der Waals surface area contributed by atoms with E-state index in [0.29, 0.717) is 11.6 Å². The number of likely N-dealkylation sites (N-methyl/N-ethyl adjacent to an activating group) is 1. The van der Waals surface area contributed by atoms with Crippen molar-refractivity contribution in [3.8, 4) is 0 Å². The van der Waals surface area contributed by atoms with Crippen molar-refractivity contribution >= 4 is 17.5 Å². The Morgan fingerprint density at radius 2 is 1.68 bits per heavy atom. The molecule has 0 bridgehead atoms. The van der Waals surface area contributed by atoms with Crippen molar-refractivity contribution in [3.05, 3.63) is 29.8 Å². The Hall–Kier alpha value is -1.84. The van der Waals surface area contributed by atoms with E-state index in [9.17, 15) is 9.59 Å². The molecule has 1 N–H and O–H groups in total. The Balaban J connectivity index is 1.94. The molecule has 1 aromatic rings. The fourth-order valence-electron chi connectivity index (χ4n) is 2.93. The Morgan fingerprint density at radius 1 is 1.09 bits per heavy atom. The van der Waals surface area contributed by atoms with Gasteiger partial charge in [-0.2, -0.15) is 0 Å². The number of benzene rings is 1. The molecule has 0 unspecified atom stereocenters. The number of nitrogens with one attached hydrogen (secondary N) is 1. The van der Waals surface area contributed by atoms with Crippen molar-refractivity contribution in [1.82, 2.24) is 4.90 Å². The molecule has 0 radical (unpaired) electrons. The molecule has 4 nitrogen and oxygen atoms in total. The number of nitrogens with zero attached hydrogens (tertiary/aromatic N) is 1. The van der Waals surface area contributed by atoms with Crippen LogP contribution in [0.25, 0.3) is 0 Å². The van der Waals surface area contributed by atoms with Gasteiger partial charge in [0.15, 0.2) is 0 Å². The summed E-state index contributed by atoms with van der Waals surface area (Å²) in [6, 6.07) is 7.86. The van der Waals surface area contributed by atoms with E-state index in [1.165, 1.54) is 12.0 Å². The molecule has 0 heterocycles. The maximum absolute atomic E-state index is 12.2. The summed E-state index contributed by atoms with van der Waals surface area (Å²) in [4.78, 5) is 26.0. The summed E-state index contributed by atoms with van der Waals surface area (Å²) >= 11 is 0. The number of carbonyl (C=O) groups excluding carboxylic acids is 2. The van der Waals surface area contributed by atoms with Crippen LogP contribution in [-0.2, 0) is 9.59 Å². The third kappa shape index (κ3) is 4.09. The average molecular weight is 302 g/mol. The molecule has 1 saturated carbocycles. The summed E-state index contributed by atoms with van der Waals surface area (Å²) in [5.74, 6) is -0.547. The largest absolute Gasteiger partial charge is 0.335 e. The van der Waals surface area contributed by atoms with Crippen molar-refractivity contribution in [2.24, 2.45) is 0 Å². The summed E-state index contributed by atoms with van der Waals surface area (Å²) in [5.41, 5.74) is 1.88. The molecule has 0 spiro atoms. The molecule has 1 aliphatic carbocycles. The standard InChI is InChI=1S/C18H26N2O2/c1-13(2)14-9-11-15(12-10-14)19-17(21)18(22)20(3)16-7-5-4-6-8-16/h9-13,16H,4-8H2,1-3H3,(H,19,21). The average Bonchev–Trinajstić information content (AvgIpc) is 2.54. The molecule has 1 fully saturated rings. The van der Waals surface area contributed by atoms with E-state index < -0.39 is 11.8 Å². The van der Waals surface area contributed by atoms with Crippen molar-refractivity contribution in [2.75, 3.05) is 12.4 Å². The highest BCUT2D eigenvalue weighted by molar-refractivity contribution is 6.39. The third-order valence-corrected chi connectivity index (χ3v) is 4.47. The lowest BCUT2D eigenvalue weighted by Gasteiger charge is -2.30. The van der Waals surface area contributed by atoms with Crippen molar-refractivity contribution in [3.63, 3.8) is 0 Å². The monoisotopic (exact) mass is 302 g/mol. The van der Waals surface area contributed by atoms with Crippen LogP contribution < -0.4 is 5.32 Å². The number of rotatable bonds is 3. The van der Waals surface area contributed by atoms with Gasteiger partial charge >= 0.3 is 11.8 Å². The van der Waals surface area contributed by atoms with Gasteiger partial charge in [0.2, 0.25) is 0 Å². The Kier molecular flexibility index (Phi) is 5.58. The molecule has 2 amide bonds. The zero-order valence-corrected chi connectivity index (χ0v) is 13.8. The van der Waals surface area contributed by atoms with E-state index in [1.807, 2.05) is 24.3 Å². The predicted octanol–water partition coefficient (Wildman–Crippen LogP) is 3.54. The molecular formula is C18H26N2O2. The van der Waals surface area contributed by atoms with Gasteiger partial charge in [0.05, 0.1) is 0 Å². The third-order valence-electron chi connectivity index (χ3n) is 4.47. The van der Waals surface area contributed by atoms with Crippen LogP contribution in [0.15, 0.2) is 24.3 Å². The number of anilines is 1. The first-order valence-corrected chi connectivity index (χ1v) is 8.17. The molecule has 4 heteroatoms. The van der Waals surface area contributed by atoms with Crippen molar-refractivity contribution in [1.29, 1.82) is 0 Å². The Bertz CT molecular complexity index is 516. The van der Waals surface area contributed by atoms with Gasteiger partial charge in [0.25, 0.3) is 0 Å². The lowest BCUT2D eigenvalue weighted by molar-refractivity contribution is -0.144. The summed E-state index contributed by atoms with van der Waals surface area (Å²) in [7, 11) is 1.74. The quantitative estimate of drug-likeness (QED) is 0.868. The molecule has 0 atom stereocenters. The van der Waals surface area contributed by atoms with Gasteiger partial charge in [-0.05, 0) is 36.5 Å². The predicted molar refractivity (Wildman–Crippen MR) is 88.8 cm³/mol. The van der Waals surface area contributed by atoms with Crippen LogP contribution in [0.2, 0.25) is 0 Å². The van der Waals surface area contributed by atoms with Crippen molar-refractivity contribution in [2.45, 2.75) is 57.9 Å². The second kappa shape index (κ2) is 7.43. The molecule has 0 saturated heterocycles. The molecule has 0 aromatic heterocycles. The second-order valence-electron chi connectivity index (χ2n) is 6.44. The van der Waals surface area contributed by atoms with Gasteiger partial charge in [-0.15, -0.1) is 0 Å². The summed E-state index contributed by atoms with van der Waals surface area (Å²) < 4.78 is 0. The van der Waals surface area contributed by atoms with Crippen molar-refractivity contribution < 1.29 is 9.59 Å². The highest BCUT2D eigenvalue weighted by Gasteiger charge is 2.26. The van der Waals surface area contributed by atoms with E-state index in [2.05, 4.69) is 19.2 Å². The first-order valence-electron chi connectivity index (χ1n) is 8.17. The molecule has 1 aliphatic rings. The van der Waals surface area contributed by atoms with Gasteiger partial charge in [-0.25, -0.2) is 0 Å². The summed E-state index contributed by atoms with van der Waals surface area (Å²) in [5, 5.41) is 2.70. The fraction of sp³-hybridized carbons (Fsp3) is 0.556. The van der Waals surface area contributed by atoms with Crippen LogP contribution in [-0.4, -0.2) is 29.8 Å². The van der Waals surface area contributed by atoms with E-state index in [-0.39, 0.29) is 6.04 Å². The number of amides is 2. The van der Waals surface area contributed by atoms with Gasteiger partial charge in [0, 0.05) is 18.8 Å². The SMILES string of the molecule is CC(C)c1ccc(NC(=O)C(=O)N(C)C2CCCCC2)cc1. The topological polar surface area (TPSA) is 49.4 Å². The lowest BCUT2D eigenvalue weighted by Crippen LogP contribution is -2.44. The van der Waals surface area contributed by atoms with Crippen LogP contribution >= 0.6 is 0 Å². The molecule has 22 heavy (non-hydrogen) atoms. The zero-order chi connectivity index (χ0) is 16.1. The first kappa shape index (κ1) is 16.5. The van der Waals surface area contributed by atoms with Gasteiger partial charge in [-0.1, -0.05) is 45.2 Å². The van der Waals surface area contributed by atoms with Gasteiger partial charge in [0.1, 0.15) is 0 Å². The van der Waals surface area contributed by atoms with Crippen LogP contribution in [0.4, 0.5) is 5.69 Å². The van der Waals surface area contributed by atoms with E-state index >= 15 is 0 Å². The van der Waals surface area contributed by atoms with Crippen LogP contribution in [0, 0.1) is 0 Å². The highest BCUT2D eigenvalue weighted by Crippen LogP contribution is 2.22. The van der Waals surface area contributed by atoms with Crippen LogP contribution in [0.3, 0.4) is 0 Å². The summed E-state index contributed by atoms with van der Waals surface area (Å²) in [6.45, 7) is 4.24. The minimum absolute atomic E-state index is 0.204. The smallest absolute Gasteiger partial charge is 0.313 e. The zero-order valence-electron chi connectivity index (χ0n) is 13.8. The molecule has 120 valence electrons. The maximum Gasteiger partial charge on any atom is 0.313 e. The molecular weight excluding hydrogens is 276 g/mol. The first-order chi connectivity index (χ1) is 10.5. The summed E-state index contributed by atoms with van der Waals surface area (Å²) in [6.07, 6.45) is 5.51. The lowest BCUT2D eigenvalue weighted by atomic mass is 9.94. The Morgan fingerprint density at radius 3 is 2.23 bits per heavy atom. The fourth-order valence-corrected chi connectivity index (χ4v) is 2.93. The molecule has 1 aromatic carbocycles. The number of carbonyl (C=O) groups is 2. The van der Waals surface area contributed by atoms with Crippen LogP contribution in [0.5, 0.6) is 0 Å². The Labute approximate surface area is 132 Å².